The molecular weight excluding hydrogens is 264 g/mol. The van der Waals surface area contributed by atoms with Crippen molar-refractivity contribution in [3.8, 4) is 17.1 Å². The molecule has 21 heavy (non-hydrogen) atoms. The lowest BCUT2D eigenvalue weighted by Crippen LogP contribution is -2.02. The SMILES string of the molecule is CC(C)c1ccc(-c2cn(-c3ccnc(N)n3)nn2)cc1. The van der Waals surface area contributed by atoms with Gasteiger partial charge in [0.25, 0.3) is 0 Å². The van der Waals surface area contributed by atoms with Crippen molar-refractivity contribution < 1.29 is 0 Å². The van der Waals surface area contributed by atoms with Gasteiger partial charge in [-0.15, -0.1) is 5.10 Å². The van der Waals surface area contributed by atoms with Gasteiger partial charge >= 0.3 is 0 Å². The molecule has 106 valence electrons. The Bertz CT molecular complexity index is 745. The van der Waals surface area contributed by atoms with Gasteiger partial charge in [0.05, 0.1) is 6.20 Å². The molecule has 2 heterocycles. The van der Waals surface area contributed by atoms with Crippen LogP contribution >= 0.6 is 0 Å². The highest BCUT2D eigenvalue weighted by Crippen LogP contribution is 2.21. The lowest BCUT2D eigenvalue weighted by molar-refractivity contribution is 0.779. The number of nitrogens with two attached hydrogens (primary N) is 1. The molecular formula is C15H16N6. The first-order valence-electron chi connectivity index (χ1n) is 6.75. The standard InChI is InChI=1S/C15H16N6/c1-10(2)11-3-5-12(6-4-11)13-9-21(20-19-13)14-7-8-17-15(16)18-14/h3-10H,1-2H3,(H2,16,17,18). The molecule has 6 nitrogen and oxygen atoms in total. The van der Waals surface area contributed by atoms with Crippen LogP contribution in [0.3, 0.4) is 0 Å². The molecule has 0 radical (unpaired) electrons. The molecule has 0 bridgehead atoms. The molecule has 0 aliphatic carbocycles. The van der Waals surface area contributed by atoms with Crippen molar-refractivity contribution in [2.75, 3.05) is 5.73 Å². The molecule has 6 heteroatoms. The monoisotopic (exact) mass is 280 g/mol. The molecule has 0 spiro atoms. The quantitative estimate of drug-likeness (QED) is 0.796. The second-order valence-electron chi connectivity index (χ2n) is 5.10. The summed E-state index contributed by atoms with van der Waals surface area (Å²) >= 11 is 0. The number of nitrogen functional groups attached to an aromatic ring is 1. The van der Waals surface area contributed by atoms with Crippen molar-refractivity contribution in [2.24, 2.45) is 0 Å². The van der Waals surface area contributed by atoms with E-state index in [1.807, 2.05) is 6.20 Å². The van der Waals surface area contributed by atoms with Gasteiger partial charge in [-0.1, -0.05) is 43.3 Å². The summed E-state index contributed by atoms with van der Waals surface area (Å²) in [6.45, 7) is 4.34. The van der Waals surface area contributed by atoms with Gasteiger partial charge in [0.2, 0.25) is 5.95 Å². The molecule has 3 rings (SSSR count). The van der Waals surface area contributed by atoms with Crippen LogP contribution in [-0.2, 0) is 0 Å². The first-order chi connectivity index (χ1) is 10.1. The van der Waals surface area contributed by atoms with Gasteiger partial charge in [-0.05, 0) is 11.5 Å². The Labute approximate surface area is 122 Å². The number of rotatable bonds is 3. The summed E-state index contributed by atoms with van der Waals surface area (Å²) in [4.78, 5) is 7.98. The summed E-state index contributed by atoms with van der Waals surface area (Å²) in [5.41, 5.74) is 8.69. The zero-order chi connectivity index (χ0) is 14.8. The summed E-state index contributed by atoms with van der Waals surface area (Å²) in [6, 6.07) is 10.1. The molecule has 0 aliphatic rings. The lowest BCUT2D eigenvalue weighted by atomic mass is 10.0. The molecule has 0 saturated carbocycles. The van der Waals surface area contributed by atoms with E-state index in [9.17, 15) is 0 Å². The van der Waals surface area contributed by atoms with Gasteiger partial charge < -0.3 is 5.73 Å². The van der Waals surface area contributed by atoms with Crippen LogP contribution in [0.1, 0.15) is 25.3 Å². The van der Waals surface area contributed by atoms with Gasteiger partial charge in [-0.25, -0.2) is 9.67 Å². The molecule has 0 unspecified atom stereocenters. The number of hydrogen-bond donors (Lipinski definition) is 1. The Hall–Kier alpha value is -2.76. The van der Waals surface area contributed by atoms with Crippen LogP contribution in [0.4, 0.5) is 5.95 Å². The summed E-state index contributed by atoms with van der Waals surface area (Å²) in [6.07, 6.45) is 3.42. The van der Waals surface area contributed by atoms with Crippen LogP contribution in [-0.4, -0.2) is 25.0 Å². The Morgan fingerprint density at radius 3 is 2.52 bits per heavy atom. The number of aromatic nitrogens is 5. The van der Waals surface area contributed by atoms with E-state index in [1.54, 1.807) is 16.9 Å². The normalized spacial score (nSPS) is 11.0. The number of anilines is 1. The molecule has 0 amide bonds. The average molecular weight is 280 g/mol. The third-order valence-electron chi connectivity index (χ3n) is 3.26. The smallest absolute Gasteiger partial charge is 0.222 e. The van der Waals surface area contributed by atoms with Gasteiger partial charge in [0.1, 0.15) is 5.69 Å². The summed E-state index contributed by atoms with van der Waals surface area (Å²) in [5.74, 6) is 1.32. The van der Waals surface area contributed by atoms with Crippen molar-refractivity contribution >= 4 is 5.95 Å². The van der Waals surface area contributed by atoms with Crippen molar-refractivity contribution in [1.82, 2.24) is 25.0 Å². The molecule has 0 atom stereocenters. The fourth-order valence-corrected chi connectivity index (χ4v) is 2.04. The topological polar surface area (TPSA) is 82.5 Å². The minimum absolute atomic E-state index is 0.214. The Balaban J connectivity index is 1.91. The van der Waals surface area contributed by atoms with Crippen LogP contribution < -0.4 is 5.73 Å². The van der Waals surface area contributed by atoms with E-state index < -0.39 is 0 Å². The molecule has 0 fully saturated rings. The summed E-state index contributed by atoms with van der Waals surface area (Å²) in [7, 11) is 0. The van der Waals surface area contributed by atoms with E-state index in [2.05, 4.69) is 58.4 Å². The lowest BCUT2D eigenvalue weighted by Gasteiger charge is -2.05. The average Bonchev–Trinajstić information content (AvgIpc) is 2.97. The van der Waals surface area contributed by atoms with Crippen molar-refractivity contribution in [2.45, 2.75) is 19.8 Å². The maximum Gasteiger partial charge on any atom is 0.222 e. The van der Waals surface area contributed by atoms with Crippen LogP contribution in [0.25, 0.3) is 17.1 Å². The van der Waals surface area contributed by atoms with Crippen LogP contribution in [0.2, 0.25) is 0 Å². The Kier molecular flexibility index (Phi) is 3.35. The Morgan fingerprint density at radius 1 is 1.10 bits per heavy atom. The van der Waals surface area contributed by atoms with E-state index >= 15 is 0 Å². The minimum Gasteiger partial charge on any atom is -0.368 e. The zero-order valence-electron chi connectivity index (χ0n) is 11.9. The predicted molar refractivity (Wildman–Crippen MR) is 80.9 cm³/mol. The van der Waals surface area contributed by atoms with E-state index in [0.29, 0.717) is 11.7 Å². The third kappa shape index (κ3) is 2.74. The fraction of sp³-hybridized carbons (Fsp3) is 0.200. The van der Waals surface area contributed by atoms with Gasteiger partial charge in [-0.3, -0.25) is 0 Å². The highest BCUT2D eigenvalue weighted by molar-refractivity contribution is 5.58. The Morgan fingerprint density at radius 2 is 1.86 bits per heavy atom. The molecule has 0 aliphatic heterocycles. The first-order valence-corrected chi connectivity index (χ1v) is 6.75. The third-order valence-corrected chi connectivity index (χ3v) is 3.26. The summed E-state index contributed by atoms with van der Waals surface area (Å²) < 4.78 is 1.59. The maximum absolute atomic E-state index is 5.58. The molecule has 3 aromatic rings. The van der Waals surface area contributed by atoms with Crippen molar-refractivity contribution in [1.29, 1.82) is 0 Å². The number of benzene rings is 1. The van der Waals surface area contributed by atoms with Crippen molar-refractivity contribution in [3.63, 3.8) is 0 Å². The van der Waals surface area contributed by atoms with E-state index in [-0.39, 0.29) is 5.95 Å². The van der Waals surface area contributed by atoms with E-state index in [4.69, 9.17) is 5.73 Å². The van der Waals surface area contributed by atoms with Crippen LogP contribution in [0.5, 0.6) is 0 Å². The number of hydrogen-bond acceptors (Lipinski definition) is 5. The van der Waals surface area contributed by atoms with Crippen LogP contribution in [0.15, 0.2) is 42.7 Å². The fourth-order valence-electron chi connectivity index (χ4n) is 2.04. The number of nitrogens with zero attached hydrogens (tertiary/aromatic N) is 5. The summed E-state index contributed by atoms with van der Waals surface area (Å²) in [5, 5.41) is 8.26. The highest BCUT2D eigenvalue weighted by atomic mass is 15.4. The minimum atomic E-state index is 0.214. The van der Waals surface area contributed by atoms with Gasteiger partial charge in [0, 0.05) is 17.8 Å². The first kappa shape index (κ1) is 13.2. The molecule has 1 aromatic carbocycles. The molecule has 2 aromatic heterocycles. The largest absolute Gasteiger partial charge is 0.368 e. The molecule has 2 N–H and O–H groups in total. The van der Waals surface area contributed by atoms with Gasteiger partial charge in [-0.2, -0.15) is 4.98 Å². The second-order valence-corrected chi connectivity index (χ2v) is 5.10. The van der Waals surface area contributed by atoms with Crippen molar-refractivity contribution in [3.05, 3.63) is 48.3 Å². The van der Waals surface area contributed by atoms with E-state index in [0.717, 1.165) is 11.3 Å². The second kappa shape index (κ2) is 5.32. The van der Waals surface area contributed by atoms with E-state index in [1.165, 1.54) is 5.56 Å². The van der Waals surface area contributed by atoms with Gasteiger partial charge in [0.15, 0.2) is 5.82 Å². The molecule has 0 saturated heterocycles. The van der Waals surface area contributed by atoms with Crippen LogP contribution in [0, 0.1) is 0 Å². The maximum atomic E-state index is 5.58. The zero-order valence-corrected chi connectivity index (χ0v) is 11.9. The highest BCUT2D eigenvalue weighted by Gasteiger charge is 2.07. The predicted octanol–water partition coefficient (Wildman–Crippen LogP) is 2.43.